The maximum atomic E-state index is 12.3. The van der Waals surface area contributed by atoms with Gasteiger partial charge in [-0.3, -0.25) is 14.7 Å². The number of nitrogens with one attached hydrogen (secondary N) is 1. The first-order valence-electron chi connectivity index (χ1n) is 9.48. The van der Waals surface area contributed by atoms with Crippen molar-refractivity contribution in [3.05, 3.63) is 72.4 Å². The Balaban J connectivity index is 1.59. The highest BCUT2D eigenvalue weighted by molar-refractivity contribution is 7.93. The average molecular weight is 437 g/mol. The first-order chi connectivity index (χ1) is 14.5. The molecule has 0 amide bonds. The Morgan fingerprint density at radius 3 is 2.47 bits per heavy atom. The number of halogens is 1. The van der Waals surface area contributed by atoms with Crippen molar-refractivity contribution >= 4 is 38.2 Å². The van der Waals surface area contributed by atoms with Crippen molar-refractivity contribution in [1.29, 1.82) is 0 Å². The third-order valence-electron chi connectivity index (χ3n) is 5.12. The third kappa shape index (κ3) is 3.62. The van der Waals surface area contributed by atoms with Gasteiger partial charge >= 0.3 is 0 Å². The van der Waals surface area contributed by atoms with Gasteiger partial charge in [0.05, 0.1) is 16.5 Å². The number of hydrogen-bond donors (Lipinski definition) is 1. The van der Waals surface area contributed by atoms with Gasteiger partial charge < -0.3 is 0 Å². The van der Waals surface area contributed by atoms with Gasteiger partial charge in [-0.25, -0.2) is 13.4 Å². The molecule has 1 aliphatic carbocycles. The molecule has 1 fully saturated rings. The Hall–Kier alpha value is -3.03. The molecule has 1 aromatic carbocycles. The molecule has 0 aliphatic heterocycles. The van der Waals surface area contributed by atoms with Gasteiger partial charge in [-0.05, 0) is 65.9 Å². The van der Waals surface area contributed by atoms with Crippen LogP contribution in [0.1, 0.15) is 12.8 Å². The SMILES string of the molecule is O=S(=O)(Nc1cc(-c2ccc3nccc(-c4ccncc4)c3c2)cnc1Cl)C1CC1. The van der Waals surface area contributed by atoms with Crippen molar-refractivity contribution in [2.24, 2.45) is 0 Å². The zero-order chi connectivity index (χ0) is 20.7. The first-order valence-corrected chi connectivity index (χ1v) is 11.4. The van der Waals surface area contributed by atoms with E-state index in [1.807, 2.05) is 36.4 Å². The highest BCUT2D eigenvalue weighted by atomic mass is 35.5. The summed E-state index contributed by atoms with van der Waals surface area (Å²) in [7, 11) is -3.43. The minimum atomic E-state index is -3.43. The number of benzene rings is 1. The van der Waals surface area contributed by atoms with Gasteiger partial charge in [0.25, 0.3) is 0 Å². The van der Waals surface area contributed by atoms with E-state index in [9.17, 15) is 8.42 Å². The van der Waals surface area contributed by atoms with Crippen LogP contribution in [0.15, 0.2) is 67.3 Å². The van der Waals surface area contributed by atoms with E-state index < -0.39 is 10.0 Å². The Bertz CT molecular complexity index is 1360. The predicted octanol–water partition coefficient (Wildman–Crippen LogP) is 4.92. The Morgan fingerprint density at radius 1 is 0.900 bits per heavy atom. The number of nitrogens with zero attached hydrogens (tertiary/aromatic N) is 3. The van der Waals surface area contributed by atoms with Crippen LogP contribution in [-0.4, -0.2) is 28.6 Å². The van der Waals surface area contributed by atoms with Crippen molar-refractivity contribution in [3.8, 4) is 22.3 Å². The molecular formula is C22H17ClN4O2S. The molecule has 150 valence electrons. The smallest absolute Gasteiger partial charge is 0.235 e. The first kappa shape index (κ1) is 19.0. The van der Waals surface area contributed by atoms with E-state index in [4.69, 9.17) is 11.6 Å². The van der Waals surface area contributed by atoms with E-state index in [1.165, 1.54) is 0 Å². The lowest BCUT2D eigenvalue weighted by atomic mass is 9.98. The topological polar surface area (TPSA) is 84.8 Å². The van der Waals surface area contributed by atoms with E-state index in [0.29, 0.717) is 18.5 Å². The largest absolute Gasteiger partial charge is 0.280 e. The fourth-order valence-electron chi connectivity index (χ4n) is 3.40. The summed E-state index contributed by atoms with van der Waals surface area (Å²) in [5.74, 6) is 0. The van der Waals surface area contributed by atoms with Crippen LogP contribution in [0.3, 0.4) is 0 Å². The van der Waals surface area contributed by atoms with Crippen LogP contribution < -0.4 is 4.72 Å². The number of aromatic nitrogens is 3. The number of rotatable bonds is 5. The molecule has 1 saturated carbocycles. The average Bonchev–Trinajstić information content (AvgIpc) is 3.61. The normalized spacial score (nSPS) is 14.0. The summed E-state index contributed by atoms with van der Waals surface area (Å²) >= 11 is 6.16. The molecule has 4 aromatic rings. The fourth-order valence-corrected chi connectivity index (χ4v) is 4.99. The summed E-state index contributed by atoms with van der Waals surface area (Å²) in [5, 5.41) is 0.769. The molecule has 0 saturated heterocycles. The Labute approximate surface area is 179 Å². The lowest BCUT2D eigenvalue weighted by Gasteiger charge is -2.12. The zero-order valence-corrected chi connectivity index (χ0v) is 17.4. The molecule has 0 spiro atoms. The monoisotopic (exact) mass is 436 g/mol. The second kappa shape index (κ2) is 7.34. The molecule has 6 nitrogen and oxygen atoms in total. The highest BCUT2D eigenvalue weighted by Gasteiger charge is 2.36. The number of anilines is 1. The predicted molar refractivity (Wildman–Crippen MR) is 119 cm³/mol. The summed E-state index contributed by atoms with van der Waals surface area (Å²) in [6.45, 7) is 0. The summed E-state index contributed by atoms with van der Waals surface area (Å²) in [6.07, 6.45) is 8.29. The quantitative estimate of drug-likeness (QED) is 0.449. The second-order valence-electron chi connectivity index (χ2n) is 7.24. The number of hydrogen-bond acceptors (Lipinski definition) is 5. The van der Waals surface area contributed by atoms with Crippen LogP contribution in [0.25, 0.3) is 33.2 Å². The molecule has 1 aliphatic rings. The van der Waals surface area contributed by atoms with Crippen LogP contribution in [0.4, 0.5) is 5.69 Å². The lowest BCUT2D eigenvalue weighted by molar-refractivity contribution is 0.600. The summed E-state index contributed by atoms with van der Waals surface area (Å²) in [5.41, 5.74) is 4.90. The van der Waals surface area contributed by atoms with Crippen LogP contribution in [0, 0.1) is 0 Å². The minimum Gasteiger partial charge on any atom is -0.280 e. The summed E-state index contributed by atoms with van der Waals surface area (Å²) in [4.78, 5) is 12.7. The number of sulfonamides is 1. The van der Waals surface area contributed by atoms with Crippen molar-refractivity contribution in [2.45, 2.75) is 18.1 Å². The molecule has 1 N–H and O–H groups in total. The maximum Gasteiger partial charge on any atom is 0.235 e. The summed E-state index contributed by atoms with van der Waals surface area (Å²) < 4.78 is 27.2. The van der Waals surface area contributed by atoms with E-state index in [-0.39, 0.29) is 10.4 Å². The molecule has 30 heavy (non-hydrogen) atoms. The number of fused-ring (bicyclic) bond motifs is 1. The standard InChI is InChI=1S/C22H17ClN4O2S/c23-22-21(27-30(28,29)17-2-3-17)12-16(13-26-22)15-1-4-20-19(11-15)18(7-10-25-20)14-5-8-24-9-6-14/h1,4-13,17,27H,2-3H2. The molecule has 5 rings (SSSR count). The van der Waals surface area contributed by atoms with Gasteiger partial charge in [0.1, 0.15) is 0 Å². The third-order valence-corrected chi connectivity index (χ3v) is 7.28. The van der Waals surface area contributed by atoms with E-state index >= 15 is 0 Å². The van der Waals surface area contributed by atoms with Crippen LogP contribution in [0.5, 0.6) is 0 Å². The molecule has 0 unspecified atom stereocenters. The van der Waals surface area contributed by atoms with Gasteiger partial charge in [0.15, 0.2) is 5.15 Å². The van der Waals surface area contributed by atoms with Crippen LogP contribution in [0.2, 0.25) is 5.15 Å². The van der Waals surface area contributed by atoms with Gasteiger partial charge in [-0.15, -0.1) is 0 Å². The van der Waals surface area contributed by atoms with Crippen LogP contribution >= 0.6 is 11.6 Å². The van der Waals surface area contributed by atoms with Gasteiger partial charge in [-0.2, -0.15) is 0 Å². The van der Waals surface area contributed by atoms with Gasteiger partial charge in [0, 0.05) is 35.7 Å². The van der Waals surface area contributed by atoms with Crippen LogP contribution in [-0.2, 0) is 10.0 Å². The lowest BCUT2D eigenvalue weighted by Crippen LogP contribution is -2.17. The molecule has 3 aromatic heterocycles. The van der Waals surface area contributed by atoms with Crippen molar-refractivity contribution in [3.63, 3.8) is 0 Å². The Kier molecular flexibility index (Phi) is 4.64. The highest BCUT2D eigenvalue weighted by Crippen LogP contribution is 2.35. The van der Waals surface area contributed by atoms with E-state index in [1.54, 1.807) is 30.9 Å². The van der Waals surface area contributed by atoms with E-state index in [2.05, 4.69) is 19.7 Å². The zero-order valence-electron chi connectivity index (χ0n) is 15.8. The molecule has 3 heterocycles. The summed E-state index contributed by atoms with van der Waals surface area (Å²) in [6, 6.07) is 13.5. The second-order valence-corrected chi connectivity index (χ2v) is 9.55. The van der Waals surface area contributed by atoms with Gasteiger partial charge in [-0.1, -0.05) is 17.7 Å². The molecule has 0 bridgehead atoms. The fraction of sp³-hybridized carbons (Fsp3) is 0.136. The maximum absolute atomic E-state index is 12.3. The van der Waals surface area contributed by atoms with E-state index in [0.717, 1.165) is 33.2 Å². The van der Waals surface area contributed by atoms with Crippen molar-refractivity contribution < 1.29 is 8.42 Å². The molecule has 0 radical (unpaired) electrons. The Morgan fingerprint density at radius 2 is 1.70 bits per heavy atom. The van der Waals surface area contributed by atoms with Gasteiger partial charge in [0.2, 0.25) is 10.0 Å². The van der Waals surface area contributed by atoms with Crippen molar-refractivity contribution in [1.82, 2.24) is 15.0 Å². The number of pyridine rings is 3. The minimum absolute atomic E-state index is 0.128. The van der Waals surface area contributed by atoms with Crippen molar-refractivity contribution in [2.75, 3.05) is 4.72 Å². The molecule has 8 heteroatoms. The molecular weight excluding hydrogens is 420 g/mol. The molecule has 0 atom stereocenters.